The summed E-state index contributed by atoms with van der Waals surface area (Å²) in [4.78, 5) is 38.0. The lowest BCUT2D eigenvalue weighted by Gasteiger charge is -2.33. The first-order valence-electron chi connectivity index (χ1n) is 8.82. The van der Waals surface area contributed by atoms with E-state index in [1.165, 1.54) is 0 Å². The minimum absolute atomic E-state index is 0.0428. The number of hydrogen-bond donors (Lipinski definition) is 2. The van der Waals surface area contributed by atoms with Gasteiger partial charge >= 0.3 is 6.09 Å². The van der Waals surface area contributed by atoms with Crippen LogP contribution in [0.15, 0.2) is 0 Å². The summed E-state index contributed by atoms with van der Waals surface area (Å²) in [6.45, 7) is 7.45. The smallest absolute Gasteiger partial charge is 0.409 e. The number of rotatable bonds is 8. The molecule has 0 aliphatic carbocycles. The van der Waals surface area contributed by atoms with Crippen LogP contribution in [-0.4, -0.2) is 68.8 Å². The van der Waals surface area contributed by atoms with Gasteiger partial charge in [-0.2, -0.15) is 0 Å². The number of carbonyl (C=O) groups excluding carboxylic acids is 3. The Balaban J connectivity index is 2.42. The average Bonchev–Trinajstić information content (AvgIpc) is 2.59. The maximum atomic E-state index is 12.5. The number of amides is 3. The van der Waals surface area contributed by atoms with E-state index in [4.69, 9.17) is 9.47 Å². The van der Waals surface area contributed by atoms with Crippen molar-refractivity contribution >= 4 is 17.9 Å². The summed E-state index contributed by atoms with van der Waals surface area (Å²) in [5.41, 5.74) is -1.15. The second-order valence-electron chi connectivity index (χ2n) is 6.66. The van der Waals surface area contributed by atoms with Crippen LogP contribution in [0.3, 0.4) is 0 Å². The van der Waals surface area contributed by atoms with Gasteiger partial charge < -0.3 is 25.0 Å². The molecule has 144 valence electrons. The summed E-state index contributed by atoms with van der Waals surface area (Å²) in [6.07, 6.45) is 1.68. The Labute approximate surface area is 149 Å². The Morgan fingerprint density at radius 1 is 1.16 bits per heavy atom. The number of nitrogens with zero attached hydrogens (tertiary/aromatic N) is 1. The molecule has 0 spiro atoms. The zero-order valence-electron chi connectivity index (χ0n) is 15.7. The maximum Gasteiger partial charge on any atom is 0.409 e. The SMILES string of the molecule is CCOC(=O)N1CCC(NC(=O)C(C)(C)C(=O)NCCCOC)CC1. The van der Waals surface area contributed by atoms with Gasteiger partial charge in [0.2, 0.25) is 11.8 Å². The molecule has 1 aliphatic rings. The van der Waals surface area contributed by atoms with Gasteiger partial charge in [-0.05, 0) is 40.0 Å². The highest BCUT2D eigenvalue weighted by atomic mass is 16.6. The molecule has 1 saturated heterocycles. The molecule has 0 saturated carbocycles. The number of nitrogens with one attached hydrogen (secondary N) is 2. The van der Waals surface area contributed by atoms with Gasteiger partial charge in [-0.15, -0.1) is 0 Å². The largest absolute Gasteiger partial charge is 0.450 e. The van der Waals surface area contributed by atoms with Crippen molar-refractivity contribution in [3.8, 4) is 0 Å². The molecular formula is C17H31N3O5. The van der Waals surface area contributed by atoms with Crippen molar-refractivity contribution in [3.63, 3.8) is 0 Å². The summed E-state index contributed by atoms with van der Waals surface area (Å²) in [7, 11) is 1.60. The number of ether oxygens (including phenoxy) is 2. The molecule has 0 radical (unpaired) electrons. The summed E-state index contributed by atoms with van der Waals surface area (Å²) >= 11 is 0. The molecule has 3 amide bonds. The fourth-order valence-corrected chi connectivity index (χ4v) is 2.53. The van der Waals surface area contributed by atoms with Crippen molar-refractivity contribution in [2.24, 2.45) is 5.41 Å². The third kappa shape index (κ3) is 6.53. The van der Waals surface area contributed by atoms with E-state index in [0.29, 0.717) is 52.1 Å². The Kier molecular flexibility index (Phi) is 8.68. The first-order valence-corrected chi connectivity index (χ1v) is 8.82. The summed E-state index contributed by atoms with van der Waals surface area (Å²) in [5.74, 6) is -0.601. The van der Waals surface area contributed by atoms with Crippen LogP contribution in [0.2, 0.25) is 0 Å². The van der Waals surface area contributed by atoms with Gasteiger partial charge in [0.1, 0.15) is 5.41 Å². The minimum Gasteiger partial charge on any atom is -0.450 e. The number of hydrogen-bond acceptors (Lipinski definition) is 5. The van der Waals surface area contributed by atoms with Crippen LogP contribution in [0.5, 0.6) is 0 Å². The zero-order valence-corrected chi connectivity index (χ0v) is 15.7. The molecule has 1 fully saturated rings. The summed E-state index contributed by atoms with van der Waals surface area (Å²) in [5, 5.41) is 5.69. The maximum absolute atomic E-state index is 12.5. The molecule has 0 aromatic carbocycles. The van der Waals surface area contributed by atoms with Crippen LogP contribution in [0, 0.1) is 5.41 Å². The highest BCUT2D eigenvalue weighted by molar-refractivity contribution is 6.04. The molecule has 0 atom stereocenters. The molecule has 1 rings (SSSR count). The lowest BCUT2D eigenvalue weighted by atomic mass is 9.90. The Bertz CT molecular complexity index is 459. The third-order valence-electron chi connectivity index (χ3n) is 4.30. The first kappa shape index (κ1) is 21.2. The normalized spacial score (nSPS) is 15.6. The van der Waals surface area contributed by atoms with Gasteiger partial charge in [0.25, 0.3) is 0 Å². The lowest BCUT2D eigenvalue weighted by molar-refractivity contribution is -0.141. The monoisotopic (exact) mass is 357 g/mol. The van der Waals surface area contributed by atoms with E-state index in [1.807, 2.05) is 0 Å². The van der Waals surface area contributed by atoms with E-state index in [1.54, 1.807) is 32.8 Å². The number of piperidine rings is 1. The standard InChI is InChI=1S/C17H31N3O5/c1-5-25-16(23)20-10-7-13(8-11-20)19-15(22)17(2,3)14(21)18-9-6-12-24-4/h13H,5-12H2,1-4H3,(H,18,21)(H,19,22). The van der Waals surface area contributed by atoms with Crippen LogP contribution in [0.25, 0.3) is 0 Å². The average molecular weight is 357 g/mol. The Morgan fingerprint density at radius 3 is 2.36 bits per heavy atom. The predicted molar refractivity (Wildman–Crippen MR) is 93.0 cm³/mol. The van der Waals surface area contributed by atoms with Gasteiger partial charge in [-0.25, -0.2) is 4.79 Å². The van der Waals surface area contributed by atoms with Crippen LogP contribution < -0.4 is 10.6 Å². The van der Waals surface area contributed by atoms with Crippen LogP contribution in [0.4, 0.5) is 4.79 Å². The molecule has 1 aliphatic heterocycles. The van der Waals surface area contributed by atoms with E-state index >= 15 is 0 Å². The zero-order chi connectivity index (χ0) is 18.9. The van der Waals surface area contributed by atoms with E-state index in [-0.39, 0.29) is 23.9 Å². The number of likely N-dealkylation sites (tertiary alicyclic amines) is 1. The van der Waals surface area contributed by atoms with Gasteiger partial charge in [0, 0.05) is 39.4 Å². The van der Waals surface area contributed by atoms with Crippen LogP contribution in [0.1, 0.15) is 40.0 Å². The van der Waals surface area contributed by atoms with Crippen LogP contribution in [-0.2, 0) is 19.1 Å². The van der Waals surface area contributed by atoms with Crippen LogP contribution >= 0.6 is 0 Å². The molecule has 0 bridgehead atoms. The molecule has 0 aromatic rings. The van der Waals surface area contributed by atoms with Crippen molar-refractivity contribution in [3.05, 3.63) is 0 Å². The van der Waals surface area contributed by atoms with Crippen molar-refractivity contribution < 1.29 is 23.9 Å². The minimum atomic E-state index is -1.15. The second-order valence-corrected chi connectivity index (χ2v) is 6.66. The highest BCUT2D eigenvalue weighted by Gasteiger charge is 2.37. The predicted octanol–water partition coefficient (Wildman–Crippen LogP) is 0.902. The molecule has 0 aromatic heterocycles. The van der Waals surface area contributed by atoms with Gasteiger partial charge in [-0.1, -0.05) is 0 Å². The van der Waals surface area contributed by atoms with Crippen molar-refractivity contribution in [1.82, 2.24) is 15.5 Å². The van der Waals surface area contributed by atoms with Crippen molar-refractivity contribution in [2.45, 2.75) is 46.1 Å². The molecular weight excluding hydrogens is 326 g/mol. The fraction of sp³-hybridized carbons (Fsp3) is 0.824. The quantitative estimate of drug-likeness (QED) is 0.497. The van der Waals surface area contributed by atoms with E-state index < -0.39 is 5.41 Å². The Hall–Kier alpha value is -1.83. The summed E-state index contributed by atoms with van der Waals surface area (Å²) < 4.78 is 9.91. The second kappa shape index (κ2) is 10.2. The topological polar surface area (TPSA) is 97.0 Å². The third-order valence-corrected chi connectivity index (χ3v) is 4.30. The number of carbonyl (C=O) groups is 3. The fourth-order valence-electron chi connectivity index (χ4n) is 2.53. The van der Waals surface area contributed by atoms with Gasteiger partial charge in [0.05, 0.1) is 6.61 Å². The van der Waals surface area contributed by atoms with E-state index in [0.717, 1.165) is 0 Å². The molecule has 0 unspecified atom stereocenters. The van der Waals surface area contributed by atoms with E-state index in [9.17, 15) is 14.4 Å². The highest BCUT2D eigenvalue weighted by Crippen LogP contribution is 2.18. The lowest BCUT2D eigenvalue weighted by Crippen LogP contribution is -2.53. The van der Waals surface area contributed by atoms with E-state index in [2.05, 4.69) is 10.6 Å². The molecule has 2 N–H and O–H groups in total. The first-order chi connectivity index (χ1) is 11.8. The van der Waals surface area contributed by atoms with Crippen molar-refractivity contribution in [2.75, 3.05) is 40.0 Å². The molecule has 25 heavy (non-hydrogen) atoms. The van der Waals surface area contributed by atoms with Crippen molar-refractivity contribution in [1.29, 1.82) is 0 Å². The molecule has 1 heterocycles. The molecule has 8 heteroatoms. The number of methoxy groups -OCH3 is 1. The van der Waals surface area contributed by atoms with Gasteiger partial charge in [0.15, 0.2) is 0 Å². The molecule has 8 nitrogen and oxygen atoms in total. The Morgan fingerprint density at radius 2 is 1.80 bits per heavy atom. The van der Waals surface area contributed by atoms with Gasteiger partial charge in [-0.3, -0.25) is 9.59 Å². The summed E-state index contributed by atoms with van der Waals surface area (Å²) in [6, 6.07) is -0.0428.